The van der Waals surface area contributed by atoms with Gasteiger partial charge in [0.2, 0.25) is 0 Å². The second-order valence-electron chi connectivity index (χ2n) is 5.69. The fourth-order valence-corrected chi connectivity index (χ4v) is 2.79. The van der Waals surface area contributed by atoms with Crippen LogP contribution in [-0.2, 0) is 14.6 Å². The Hall–Kier alpha value is -1.60. The number of guanidine groups is 1. The summed E-state index contributed by atoms with van der Waals surface area (Å²) in [4.78, 5) is 4.11. The molecule has 0 radical (unpaired) electrons. The number of nitrogens with zero attached hydrogens (tertiary/aromatic N) is 1. The van der Waals surface area contributed by atoms with Crippen molar-refractivity contribution in [3.63, 3.8) is 0 Å². The highest BCUT2D eigenvalue weighted by Gasteiger charge is 2.05. The molecule has 1 aromatic rings. The lowest BCUT2D eigenvalue weighted by Crippen LogP contribution is -2.38. The van der Waals surface area contributed by atoms with E-state index in [0.29, 0.717) is 25.5 Å². The van der Waals surface area contributed by atoms with E-state index in [9.17, 15) is 8.42 Å². The number of nitrogens with one attached hydrogen (secondary N) is 2. The molecule has 1 aromatic carbocycles. The molecule has 7 heteroatoms. The summed E-state index contributed by atoms with van der Waals surface area (Å²) >= 11 is 0. The van der Waals surface area contributed by atoms with E-state index in [2.05, 4.69) is 27.8 Å². The molecule has 24 heavy (non-hydrogen) atoms. The molecule has 0 heterocycles. The molecule has 0 amide bonds. The van der Waals surface area contributed by atoms with Gasteiger partial charge in [0.25, 0.3) is 0 Å². The first kappa shape index (κ1) is 20.4. The van der Waals surface area contributed by atoms with Crippen LogP contribution in [-0.4, -0.2) is 53.1 Å². The van der Waals surface area contributed by atoms with Crippen LogP contribution >= 0.6 is 0 Å². The van der Waals surface area contributed by atoms with Crippen LogP contribution in [0, 0.1) is 0 Å². The highest BCUT2D eigenvalue weighted by atomic mass is 32.2. The lowest BCUT2D eigenvalue weighted by Gasteiger charge is -2.14. The summed E-state index contributed by atoms with van der Waals surface area (Å²) < 4.78 is 27.9. The van der Waals surface area contributed by atoms with E-state index in [4.69, 9.17) is 4.74 Å². The number of hydrogen-bond donors (Lipinski definition) is 2. The summed E-state index contributed by atoms with van der Waals surface area (Å²) in [5, 5.41) is 6.29. The summed E-state index contributed by atoms with van der Waals surface area (Å²) in [6.07, 6.45) is 2.76. The first-order valence-electron chi connectivity index (χ1n) is 8.21. The molecular formula is C17H29N3O3S. The Labute approximate surface area is 145 Å². The second kappa shape index (κ2) is 11.0. The SMILES string of the molecule is CN=C(NCCCOC(C)c1ccccc1)NCCCS(C)(=O)=O. The van der Waals surface area contributed by atoms with E-state index < -0.39 is 9.84 Å². The second-order valence-corrected chi connectivity index (χ2v) is 7.95. The van der Waals surface area contributed by atoms with Crippen molar-refractivity contribution in [2.45, 2.75) is 25.9 Å². The van der Waals surface area contributed by atoms with Crippen LogP contribution in [0.5, 0.6) is 0 Å². The molecule has 0 aliphatic heterocycles. The maximum atomic E-state index is 11.1. The molecule has 1 rings (SSSR count). The number of benzene rings is 1. The van der Waals surface area contributed by atoms with Crippen LogP contribution in [0.1, 0.15) is 31.4 Å². The Bertz CT molecular complexity index is 588. The van der Waals surface area contributed by atoms with Gasteiger partial charge in [-0.15, -0.1) is 0 Å². The van der Waals surface area contributed by atoms with Gasteiger partial charge >= 0.3 is 0 Å². The van der Waals surface area contributed by atoms with E-state index in [1.54, 1.807) is 7.05 Å². The van der Waals surface area contributed by atoms with Gasteiger partial charge in [-0.2, -0.15) is 0 Å². The number of hydrogen-bond acceptors (Lipinski definition) is 4. The van der Waals surface area contributed by atoms with Crippen molar-refractivity contribution in [3.8, 4) is 0 Å². The van der Waals surface area contributed by atoms with Crippen LogP contribution < -0.4 is 10.6 Å². The van der Waals surface area contributed by atoms with Crippen molar-refractivity contribution in [2.24, 2.45) is 4.99 Å². The van der Waals surface area contributed by atoms with Crippen LogP contribution in [0.2, 0.25) is 0 Å². The Balaban J connectivity index is 2.12. The summed E-state index contributed by atoms with van der Waals surface area (Å²) in [7, 11) is -1.21. The Morgan fingerprint density at radius 1 is 1.17 bits per heavy atom. The molecule has 1 atom stereocenters. The van der Waals surface area contributed by atoms with E-state index >= 15 is 0 Å². The van der Waals surface area contributed by atoms with E-state index in [0.717, 1.165) is 13.0 Å². The fraction of sp³-hybridized carbons (Fsp3) is 0.588. The molecule has 0 spiro atoms. The van der Waals surface area contributed by atoms with Crippen molar-refractivity contribution in [1.82, 2.24) is 10.6 Å². The van der Waals surface area contributed by atoms with Gasteiger partial charge in [-0.1, -0.05) is 30.3 Å². The maximum absolute atomic E-state index is 11.1. The zero-order valence-electron chi connectivity index (χ0n) is 14.8. The van der Waals surface area contributed by atoms with Crippen molar-refractivity contribution in [1.29, 1.82) is 0 Å². The first-order valence-corrected chi connectivity index (χ1v) is 10.3. The molecule has 0 fully saturated rings. The third kappa shape index (κ3) is 9.52. The zero-order chi connectivity index (χ0) is 17.8. The van der Waals surface area contributed by atoms with E-state index in [1.165, 1.54) is 11.8 Å². The Morgan fingerprint density at radius 3 is 2.38 bits per heavy atom. The number of aliphatic imine (C=N–C) groups is 1. The Kier molecular flexibility index (Phi) is 9.41. The maximum Gasteiger partial charge on any atom is 0.190 e. The molecule has 6 nitrogen and oxygen atoms in total. The average Bonchev–Trinajstić information content (AvgIpc) is 2.56. The zero-order valence-corrected chi connectivity index (χ0v) is 15.6. The molecule has 0 saturated carbocycles. The van der Waals surface area contributed by atoms with Gasteiger partial charge in [-0.3, -0.25) is 4.99 Å². The van der Waals surface area contributed by atoms with Gasteiger partial charge in [0.05, 0.1) is 11.9 Å². The van der Waals surface area contributed by atoms with E-state index in [1.807, 2.05) is 25.1 Å². The van der Waals surface area contributed by atoms with Gasteiger partial charge in [0.1, 0.15) is 9.84 Å². The predicted octanol–water partition coefficient (Wildman–Crippen LogP) is 1.75. The summed E-state index contributed by atoms with van der Waals surface area (Å²) in [6, 6.07) is 10.1. The van der Waals surface area contributed by atoms with Crippen LogP contribution in [0.15, 0.2) is 35.3 Å². The predicted molar refractivity (Wildman–Crippen MR) is 99.1 cm³/mol. The van der Waals surface area contributed by atoms with Gasteiger partial charge in [0.15, 0.2) is 5.96 Å². The minimum atomic E-state index is -2.90. The quantitative estimate of drug-likeness (QED) is 0.380. The number of sulfone groups is 1. The van der Waals surface area contributed by atoms with Gasteiger partial charge in [0, 0.05) is 33.0 Å². The highest BCUT2D eigenvalue weighted by Crippen LogP contribution is 2.15. The molecule has 0 aliphatic rings. The highest BCUT2D eigenvalue weighted by molar-refractivity contribution is 7.90. The smallest absolute Gasteiger partial charge is 0.190 e. The third-order valence-electron chi connectivity index (χ3n) is 3.46. The van der Waals surface area contributed by atoms with E-state index in [-0.39, 0.29) is 11.9 Å². The molecule has 2 N–H and O–H groups in total. The molecule has 0 aromatic heterocycles. The van der Waals surface area contributed by atoms with Crippen molar-refractivity contribution < 1.29 is 13.2 Å². The third-order valence-corrected chi connectivity index (χ3v) is 4.49. The van der Waals surface area contributed by atoms with Crippen LogP contribution in [0.4, 0.5) is 0 Å². The van der Waals surface area contributed by atoms with Crippen molar-refractivity contribution in [2.75, 3.05) is 38.8 Å². The van der Waals surface area contributed by atoms with Crippen molar-refractivity contribution in [3.05, 3.63) is 35.9 Å². The lowest BCUT2D eigenvalue weighted by atomic mass is 10.1. The number of ether oxygens (including phenoxy) is 1. The molecule has 136 valence electrons. The summed E-state index contributed by atoms with van der Waals surface area (Å²) in [5.41, 5.74) is 1.17. The van der Waals surface area contributed by atoms with Gasteiger partial charge < -0.3 is 15.4 Å². The monoisotopic (exact) mass is 355 g/mol. The van der Waals surface area contributed by atoms with Crippen molar-refractivity contribution >= 4 is 15.8 Å². The minimum absolute atomic E-state index is 0.0830. The van der Waals surface area contributed by atoms with Crippen LogP contribution in [0.3, 0.4) is 0 Å². The largest absolute Gasteiger partial charge is 0.374 e. The van der Waals surface area contributed by atoms with Gasteiger partial charge in [-0.25, -0.2) is 8.42 Å². The van der Waals surface area contributed by atoms with Crippen LogP contribution in [0.25, 0.3) is 0 Å². The molecule has 0 bridgehead atoms. The topological polar surface area (TPSA) is 79.8 Å². The molecular weight excluding hydrogens is 326 g/mol. The standard InChI is InChI=1S/C17H29N3O3S/c1-15(16-9-5-4-6-10-16)23-13-7-11-19-17(18-2)20-12-8-14-24(3,21)22/h4-6,9-10,15H,7-8,11-14H2,1-3H3,(H2,18,19,20). The van der Waals surface area contributed by atoms with Gasteiger partial charge in [-0.05, 0) is 25.3 Å². The average molecular weight is 356 g/mol. The molecule has 0 saturated heterocycles. The first-order chi connectivity index (χ1) is 11.4. The normalized spacial score (nSPS) is 13.5. The Morgan fingerprint density at radius 2 is 1.79 bits per heavy atom. The molecule has 0 aliphatic carbocycles. The minimum Gasteiger partial charge on any atom is -0.374 e. The summed E-state index contributed by atoms with van der Waals surface area (Å²) in [6.45, 7) is 4.03. The number of rotatable bonds is 10. The molecule has 1 unspecified atom stereocenters. The lowest BCUT2D eigenvalue weighted by molar-refractivity contribution is 0.0646. The summed E-state index contributed by atoms with van der Waals surface area (Å²) in [5.74, 6) is 0.863. The fourth-order valence-electron chi connectivity index (χ4n) is 2.12.